The van der Waals surface area contributed by atoms with E-state index in [4.69, 9.17) is 5.26 Å². The molecule has 2 aliphatic rings. The Bertz CT molecular complexity index is 987. The lowest BCUT2D eigenvalue weighted by Crippen LogP contribution is -2.48. The van der Waals surface area contributed by atoms with Crippen molar-refractivity contribution in [2.75, 3.05) is 26.2 Å². The van der Waals surface area contributed by atoms with Crippen molar-refractivity contribution >= 4 is 10.0 Å². The van der Waals surface area contributed by atoms with E-state index in [9.17, 15) is 8.42 Å². The Morgan fingerprint density at radius 1 is 0.963 bits per heavy atom. The van der Waals surface area contributed by atoms with Gasteiger partial charge in [-0.3, -0.25) is 4.90 Å². The average Bonchev–Trinajstić information content (AvgIpc) is 3.16. The monoisotopic (exact) mass is 381 g/mol. The van der Waals surface area contributed by atoms with E-state index in [1.165, 1.54) is 11.1 Å². The van der Waals surface area contributed by atoms with Crippen LogP contribution in [0.1, 0.15) is 28.7 Å². The first-order valence-electron chi connectivity index (χ1n) is 9.39. The molecule has 4 rings (SSSR count). The highest BCUT2D eigenvalue weighted by molar-refractivity contribution is 7.89. The van der Waals surface area contributed by atoms with Crippen LogP contribution in [-0.4, -0.2) is 43.8 Å². The van der Waals surface area contributed by atoms with Gasteiger partial charge in [-0.15, -0.1) is 0 Å². The van der Waals surface area contributed by atoms with E-state index in [2.05, 4.69) is 11.0 Å². The Kier molecular flexibility index (Phi) is 5.00. The van der Waals surface area contributed by atoms with Gasteiger partial charge in [0.2, 0.25) is 10.0 Å². The van der Waals surface area contributed by atoms with Gasteiger partial charge in [0.15, 0.2) is 0 Å². The standard InChI is InChI=1S/C21H23N3O2S/c22-15-17-3-1-4-18(13-17)16-23-9-11-24(12-10-23)27(25,26)21-8-7-19-5-2-6-20(19)14-21/h1,3-4,7-8,13-14H,2,5-6,9-12,16H2. The summed E-state index contributed by atoms with van der Waals surface area (Å²) in [5.41, 5.74) is 4.22. The maximum atomic E-state index is 13.0. The number of nitrogens with zero attached hydrogens (tertiary/aromatic N) is 3. The third-order valence-electron chi connectivity index (χ3n) is 5.50. The molecular formula is C21H23N3O2S. The molecule has 0 spiro atoms. The summed E-state index contributed by atoms with van der Waals surface area (Å²) in [6.07, 6.45) is 3.15. The molecule has 0 aromatic heterocycles. The quantitative estimate of drug-likeness (QED) is 0.816. The molecule has 5 nitrogen and oxygen atoms in total. The van der Waals surface area contributed by atoms with Crippen molar-refractivity contribution in [2.45, 2.75) is 30.7 Å². The summed E-state index contributed by atoms with van der Waals surface area (Å²) in [6, 6.07) is 15.4. The van der Waals surface area contributed by atoms with Crippen molar-refractivity contribution in [2.24, 2.45) is 0 Å². The number of rotatable bonds is 4. The summed E-state index contributed by atoms with van der Waals surface area (Å²) in [6.45, 7) is 3.12. The predicted molar refractivity (Wildman–Crippen MR) is 104 cm³/mol. The lowest BCUT2D eigenvalue weighted by Gasteiger charge is -2.34. The lowest BCUT2D eigenvalue weighted by molar-refractivity contribution is 0.181. The van der Waals surface area contributed by atoms with Gasteiger partial charge >= 0.3 is 0 Å². The Morgan fingerprint density at radius 3 is 2.52 bits per heavy atom. The Balaban J connectivity index is 1.41. The Hall–Kier alpha value is -2.20. The van der Waals surface area contributed by atoms with Crippen LogP contribution in [0.25, 0.3) is 0 Å². The molecule has 0 amide bonds. The maximum Gasteiger partial charge on any atom is 0.243 e. The zero-order chi connectivity index (χ0) is 18.9. The van der Waals surface area contributed by atoms with Crippen molar-refractivity contribution < 1.29 is 8.42 Å². The molecule has 27 heavy (non-hydrogen) atoms. The summed E-state index contributed by atoms with van der Waals surface area (Å²) in [4.78, 5) is 2.67. The molecule has 1 heterocycles. The second-order valence-electron chi connectivity index (χ2n) is 7.28. The molecule has 1 aliphatic heterocycles. The Labute approximate surface area is 160 Å². The minimum Gasteiger partial charge on any atom is -0.296 e. The fourth-order valence-electron chi connectivity index (χ4n) is 3.98. The van der Waals surface area contributed by atoms with E-state index in [1.54, 1.807) is 16.4 Å². The van der Waals surface area contributed by atoms with E-state index in [1.807, 2.05) is 30.3 Å². The minimum absolute atomic E-state index is 0.429. The summed E-state index contributed by atoms with van der Waals surface area (Å²) >= 11 is 0. The zero-order valence-corrected chi connectivity index (χ0v) is 16.1. The fourth-order valence-corrected chi connectivity index (χ4v) is 5.46. The van der Waals surface area contributed by atoms with Crippen LogP contribution in [0.15, 0.2) is 47.4 Å². The van der Waals surface area contributed by atoms with Crippen molar-refractivity contribution in [1.29, 1.82) is 5.26 Å². The van der Waals surface area contributed by atoms with Gasteiger partial charge in [-0.2, -0.15) is 9.57 Å². The number of aryl methyl sites for hydroxylation is 2. The van der Waals surface area contributed by atoms with Gasteiger partial charge in [0.05, 0.1) is 16.5 Å². The molecule has 0 atom stereocenters. The molecule has 0 radical (unpaired) electrons. The van der Waals surface area contributed by atoms with E-state index >= 15 is 0 Å². The van der Waals surface area contributed by atoms with Crippen molar-refractivity contribution in [3.8, 4) is 6.07 Å². The topological polar surface area (TPSA) is 64.4 Å². The fraction of sp³-hybridized carbons (Fsp3) is 0.381. The first kappa shape index (κ1) is 18.2. The number of fused-ring (bicyclic) bond motifs is 1. The highest BCUT2D eigenvalue weighted by Crippen LogP contribution is 2.26. The molecule has 2 aromatic rings. The number of nitriles is 1. The Morgan fingerprint density at radius 2 is 1.74 bits per heavy atom. The second kappa shape index (κ2) is 7.43. The SMILES string of the molecule is N#Cc1cccc(CN2CCN(S(=O)(=O)c3ccc4c(c3)CCC4)CC2)c1. The van der Waals surface area contributed by atoms with Gasteiger partial charge < -0.3 is 0 Å². The van der Waals surface area contributed by atoms with Crippen LogP contribution in [0.2, 0.25) is 0 Å². The summed E-state index contributed by atoms with van der Waals surface area (Å²) in [5, 5.41) is 9.02. The lowest BCUT2D eigenvalue weighted by atomic mass is 10.1. The molecule has 6 heteroatoms. The van der Waals surface area contributed by atoms with Crippen LogP contribution in [0, 0.1) is 11.3 Å². The highest BCUT2D eigenvalue weighted by atomic mass is 32.2. The third kappa shape index (κ3) is 3.77. The summed E-state index contributed by atoms with van der Waals surface area (Å²) < 4.78 is 27.6. The van der Waals surface area contributed by atoms with E-state index in [0.717, 1.165) is 31.4 Å². The largest absolute Gasteiger partial charge is 0.296 e. The highest BCUT2D eigenvalue weighted by Gasteiger charge is 2.29. The first-order chi connectivity index (χ1) is 13.1. The van der Waals surface area contributed by atoms with Crippen LogP contribution < -0.4 is 0 Å². The van der Waals surface area contributed by atoms with Gasteiger partial charge in [-0.05, 0) is 60.2 Å². The normalized spacial score (nSPS) is 18.2. The predicted octanol–water partition coefficient (Wildman–Crippen LogP) is 2.55. The average molecular weight is 382 g/mol. The molecule has 1 saturated heterocycles. The molecule has 2 aromatic carbocycles. The van der Waals surface area contributed by atoms with E-state index < -0.39 is 10.0 Å². The zero-order valence-electron chi connectivity index (χ0n) is 15.3. The molecular weight excluding hydrogens is 358 g/mol. The molecule has 0 unspecified atom stereocenters. The van der Waals surface area contributed by atoms with E-state index in [0.29, 0.717) is 36.6 Å². The molecule has 0 N–H and O–H groups in total. The summed E-state index contributed by atoms with van der Waals surface area (Å²) in [5.74, 6) is 0. The van der Waals surface area contributed by atoms with Crippen LogP contribution in [-0.2, 0) is 29.4 Å². The number of piperazine rings is 1. The molecule has 1 aliphatic carbocycles. The van der Waals surface area contributed by atoms with Crippen molar-refractivity contribution in [1.82, 2.24) is 9.21 Å². The second-order valence-corrected chi connectivity index (χ2v) is 9.21. The van der Waals surface area contributed by atoms with Gasteiger partial charge in [0, 0.05) is 32.7 Å². The third-order valence-corrected chi connectivity index (χ3v) is 7.40. The van der Waals surface area contributed by atoms with Gasteiger partial charge in [0.25, 0.3) is 0 Å². The maximum absolute atomic E-state index is 13.0. The van der Waals surface area contributed by atoms with Crippen LogP contribution >= 0.6 is 0 Å². The minimum atomic E-state index is -3.43. The number of benzene rings is 2. The molecule has 0 bridgehead atoms. The van der Waals surface area contributed by atoms with E-state index in [-0.39, 0.29) is 0 Å². The van der Waals surface area contributed by atoms with Gasteiger partial charge in [0.1, 0.15) is 0 Å². The van der Waals surface area contributed by atoms with Crippen molar-refractivity contribution in [3.05, 3.63) is 64.7 Å². The first-order valence-corrected chi connectivity index (χ1v) is 10.8. The smallest absolute Gasteiger partial charge is 0.243 e. The molecule has 1 fully saturated rings. The van der Waals surface area contributed by atoms with Crippen molar-refractivity contribution in [3.63, 3.8) is 0 Å². The molecule has 140 valence electrons. The van der Waals surface area contributed by atoms with Crippen LogP contribution in [0.5, 0.6) is 0 Å². The van der Waals surface area contributed by atoms with Gasteiger partial charge in [-0.1, -0.05) is 18.2 Å². The van der Waals surface area contributed by atoms with Gasteiger partial charge in [-0.25, -0.2) is 8.42 Å². The van der Waals surface area contributed by atoms with Crippen LogP contribution in [0.4, 0.5) is 0 Å². The number of hydrogen-bond donors (Lipinski definition) is 0. The number of hydrogen-bond acceptors (Lipinski definition) is 4. The number of sulfonamides is 1. The summed E-state index contributed by atoms with van der Waals surface area (Å²) in [7, 11) is -3.43. The molecule has 0 saturated carbocycles. The van der Waals surface area contributed by atoms with Crippen LogP contribution in [0.3, 0.4) is 0 Å².